The number of aromatic nitrogens is 5. The molecule has 40 heavy (non-hydrogen) atoms. The maximum atomic E-state index is 14.9. The number of nitrogens with zero attached hydrogens (tertiary/aromatic N) is 6. The van der Waals surface area contributed by atoms with Crippen LogP contribution in [0.25, 0.3) is 0 Å². The number of tetrazole rings is 1. The molecule has 212 valence electrons. The van der Waals surface area contributed by atoms with Crippen LogP contribution in [0.3, 0.4) is 0 Å². The van der Waals surface area contributed by atoms with Crippen LogP contribution >= 0.6 is 0 Å². The van der Waals surface area contributed by atoms with Crippen molar-refractivity contribution in [1.82, 2.24) is 35.4 Å². The Balaban J connectivity index is 1.36. The first kappa shape index (κ1) is 27.5. The molecule has 0 spiro atoms. The van der Waals surface area contributed by atoms with Crippen molar-refractivity contribution in [3.8, 4) is 0 Å². The predicted molar refractivity (Wildman–Crippen MR) is 125 cm³/mol. The highest BCUT2D eigenvalue weighted by Gasteiger charge is 2.47. The zero-order chi connectivity index (χ0) is 28.6. The molecule has 1 saturated heterocycles. The van der Waals surface area contributed by atoms with Crippen LogP contribution in [-0.4, -0.2) is 66.6 Å². The van der Waals surface area contributed by atoms with Crippen molar-refractivity contribution in [3.05, 3.63) is 71.1 Å². The van der Waals surface area contributed by atoms with E-state index in [4.69, 9.17) is 0 Å². The minimum absolute atomic E-state index is 0.0476. The van der Waals surface area contributed by atoms with E-state index in [1.165, 1.54) is 12.1 Å². The molecule has 2 amide bonds. The van der Waals surface area contributed by atoms with E-state index >= 15 is 0 Å². The standard InChI is InChI=1S/C25H23F6N7O2/c26-15-8-18(37(11-15)19(39)12-38-23(21(27)28)34-35-36-38)24(40)33-20(13-4-2-1-3-5-13)17-7-6-16(22(29)32-17)14-9-25(30,31)10-14/h1-7,14-15,18,20-21H,8-12H2,(H,33,40). The van der Waals surface area contributed by atoms with Crippen molar-refractivity contribution in [3.63, 3.8) is 0 Å². The molecular formula is C25H23F6N7O2. The lowest BCUT2D eigenvalue weighted by molar-refractivity contribution is -0.139. The third-order valence-electron chi connectivity index (χ3n) is 7.06. The Bertz CT molecular complexity index is 1380. The van der Waals surface area contributed by atoms with Crippen LogP contribution < -0.4 is 5.32 Å². The number of hydrogen-bond donors (Lipinski definition) is 1. The molecule has 3 atom stereocenters. The van der Waals surface area contributed by atoms with Crippen molar-refractivity contribution in [2.45, 2.75) is 62.3 Å². The van der Waals surface area contributed by atoms with Gasteiger partial charge in [0.05, 0.1) is 18.3 Å². The van der Waals surface area contributed by atoms with Gasteiger partial charge in [0.25, 0.3) is 6.43 Å². The lowest BCUT2D eigenvalue weighted by Crippen LogP contribution is -2.48. The fraction of sp³-hybridized carbons (Fsp3) is 0.440. The normalized spacial score (nSPS) is 21.3. The second-order valence-electron chi connectivity index (χ2n) is 9.82. The number of alkyl halides is 5. The number of hydrogen-bond acceptors (Lipinski definition) is 6. The average Bonchev–Trinajstić information content (AvgIpc) is 3.53. The van der Waals surface area contributed by atoms with Crippen LogP contribution in [0.5, 0.6) is 0 Å². The number of carbonyl (C=O) groups excluding carboxylic acids is 2. The molecule has 0 radical (unpaired) electrons. The Kier molecular flexibility index (Phi) is 7.47. The topological polar surface area (TPSA) is 106 Å². The summed E-state index contributed by atoms with van der Waals surface area (Å²) in [4.78, 5) is 31.2. The first-order chi connectivity index (χ1) is 19.0. The van der Waals surface area contributed by atoms with E-state index in [0.29, 0.717) is 10.2 Å². The van der Waals surface area contributed by atoms with Crippen LogP contribution in [0.4, 0.5) is 26.3 Å². The zero-order valence-corrected chi connectivity index (χ0v) is 20.7. The number of halogens is 6. The van der Waals surface area contributed by atoms with Crippen molar-refractivity contribution in [2.24, 2.45) is 0 Å². The molecule has 15 heteroatoms. The summed E-state index contributed by atoms with van der Waals surface area (Å²) in [6.07, 6.45) is -5.94. The number of likely N-dealkylation sites (tertiary alicyclic amines) is 1. The summed E-state index contributed by atoms with van der Waals surface area (Å²) in [5.41, 5.74) is 0.606. The molecule has 5 rings (SSSR count). The molecule has 0 bridgehead atoms. The third-order valence-corrected chi connectivity index (χ3v) is 7.06. The molecule has 1 saturated carbocycles. The molecule has 1 N–H and O–H groups in total. The van der Waals surface area contributed by atoms with E-state index in [2.05, 4.69) is 25.8 Å². The summed E-state index contributed by atoms with van der Waals surface area (Å²) in [5.74, 6) is -6.94. The zero-order valence-electron chi connectivity index (χ0n) is 20.7. The molecule has 2 aliphatic rings. The van der Waals surface area contributed by atoms with Gasteiger partial charge >= 0.3 is 0 Å². The Hall–Kier alpha value is -4.04. The molecule has 1 aliphatic carbocycles. The highest BCUT2D eigenvalue weighted by Crippen LogP contribution is 2.48. The molecule has 9 nitrogen and oxygen atoms in total. The van der Waals surface area contributed by atoms with Crippen LogP contribution in [-0.2, 0) is 16.1 Å². The van der Waals surface area contributed by atoms with Gasteiger partial charge in [-0.15, -0.1) is 5.10 Å². The number of amides is 2. The molecule has 3 aromatic rings. The lowest BCUT2D eigenvalue weighted by Gasteiger charge is -2.35. The van der Waals surface area contributed by atoms with Gasteiger partial charge in [0.1, 0.15) is 18.8 Å². The van der Waals surface area contributed by atoms with E-state index in [0.717, 1.165) is 4.90 Å². The number of carbonyl (C=O) groups is 2. The first-order valence-corrected chi connectivity index (χ1v) is 12.4. The fourth-order valence-electron chi connectivity index (χ4n) is 5.03. The number of pyridine rings is 1. The first-order valence-electron chi connectivity index (χ1n) is 12.4. The molecular weight excluding hydrogens is 544 g/mol. The van der Waals surface area contributed by atoms with Crippen molar-refractivity contribution in [1.29, 1.82) is 0 Å². The van der Waals surface area contributed by atoms with Crippen LogP contribution in [0.1, 0.15) is 60.3 Å². The van der Waals surface area contributed by atoms with Gasteiger partial charge in [-0.1, -0.05) is 36.4 Å². The Morgan fingerprint density at radius 2 is 1.82 bits per heavy atom. The lowest BCUT2D eigenvalue weighted by atomic mass is 9.77. The van der Waals surface area contributed by atoms with E-state index in [9.17, 15) is 35.9 Å². The largest absolute Gasteiger partial charge is 0.342 e. The summed E-state index contributed by atoms with van der Waals surface area (Å²) in [5, 5.41) is 12.3. The fourth-order valence-corrected chi connectivity index (χ4v) is 5.03. The van der Waals surface area contributed by atoms with Crippen LogP contribution in [0, 0.1) is 5.95 Å². The minimum Gasteiger partial charge on any atom is -0.342 e. The summed E-state index contributed by atoms with van der Waals surface area (Å²) in [6.45, 7) is -1.19. The minimum atomic E-state index is -3.05. The smallest absolute Gasteiger partial charge is 0.298 e. The average molecular weight is 567 g/mol. The molecule has 3 heterocycles. The molecule has 2 aromatic heterocycles. The van der Waals surface area contributed by atoms with E-state index in [1.807, 2.05) is 0 Å². The highest BCUT2D eigenvalue weighted by molar-refractivity contribution is 5.88. The van der Waals surface area contributed by atoms with Gasteiger partial charge in [0, 0.05) is 24.8 Å². The quantitative estimate of drug-likeness (QED) is 0.330. The third kappa shape index (κ3) is 5.63. The Labute approximate surface area is 223 Å². The Morgan fingerprint density at radius 1 is 1.10 bits per heavy atom. The molecule has 1 aliphatic heterocycles. The molecule has 1 aromatic carbocycles. The van der Waals surface area contributed by atoms with E-state index in [1.54, 1.807) is 30.3 Å². The van der Waals surface area contributed by atoms with Gasteiger partial charge in [0.15, 0.2) is 0 Å². The highest BCUT2D eigenvalue weighted by atomic mass is 19.3. The van der Waals surface area contributed by atoms with Gasteiger partial charge < -0.3 is 10.2 Å². The summed E-state index contributed by atoms with van der Waals surface area (Å²) >= 11 is 0. The SMILES string of the molecule is O=C(NC(c1ccccc1)c1ccc(C2CC(F)(F)C2)c(F)n1)C1CC(F)CN1C(=O)Cn1nnnc1C(F)F. The maximum Gasteiger partial charge on any atom is 0.298 e. The van der Waals surface area contributed by atoms with Gasteiger partial charge in [0.2, 0.25) is 29.5 Å². The van der Waals surface area contributed by atoms with Crippen molar-refractivity contribution < 1.29 is 35.9 Å². The number of benzene rings is 1. The second-order valence-corrected chi connectivity index (χ2v) is 9.82. The number of nitrogens with one attached hydrogen (secondary N) is 1. The summed E-state index contributed by atoms with van der Waals surface area (Å²) in [6, 6.07) is 8.79. The number of rotatable bonds is 8. The van der Waals surface area contributed by atoms with Gasteiger partial charge in [-0.25, -0.2) is 31.6 Å². The monoisotopic (exact) mass is 567 g/mol. The van der Waals surface area contributed by atoms with E-state index < -0.39 is 86.0 Å². The maximum absolute atomic E-state index is 14.9. The molecule has 2 fully saturated rings. The van der Waals surface area contributed by atoms with Gasteiger partial charge in [-0.05, 0) is 28.0 Å². The van der Waals surface area contributed by atoms with Gasteiger partial charge in [-0.3, -0.25) is 9.59 Å². The van der Waals surface area contributed by atoms with E-state index in [-0.39, 0.29) is 17.7 Å². The van der Waals surface area contributed by atoms with Crippen molar-refractivity contribution >= 4 is 11.8 Å². The Morgan fingerprint density at radius 3 is 2.48 bits per heavy atom. The second kappa shape index (κ2) is 10.8. The van der Waals surface area contributed by atoms with Crippen LogP contribution in [0.15, 0.2) is 42.5 Å². The molecule has 3 unspecified atom stereocenters. The van der Waals surface area contributed by atoms with Crippen LogP contribution in [0.2, 0.25) is 0 Å². The summed E-state index contributed by atoms with van der Waals surface area (Å²) in [7, 11) is 0. The van der Waals surface area contributed by atoms with Crippen molar-refractivity contribution in [2.75, 3.05) is 6.54 Å². The van der Waals surface area contributed by atoms with Gasteiger partial charge in [-0.2, -0.15) is 4.39 Å². The summed E-state index contributed by atoms with van der Waals surface area (Å²) < 4.78 is 82.8. The predicted octanol–water partition coefficient (Wildman–Crippen LogP) is 3.50.